The average molecular weight is 319 g/mol. The third kappa shape index (κ3) is 4.60. The summed E-state index contributed by atoms with van der Waals surface area (Å²) < 4.78 is 0. The van der Waals surface area contributed by atoms with Crippen LogP contribution in [0.25, 0.3) is 0 Å². The van der Waals surface area contributed by atoms with Crippen LogP contribution in [0.4, 0.5) is 0 Å². The molecule has 0 bridgehead atoms. The van der Waals surface area contributed by atoms with Crippen molar-refractivity contribution < 1.29 is 9.59 Å². The lowest BCUT2D eigenvalue weighted by Crippen LogP contribution is -2.40. The Kier molecular flexibility index (Phi) is 5.85. The van der Waals surface area contributed by atoms with Crippen LogP contribution in [0.15, 0.2) is 6.07 Å². The first-order valence-electron chi connectivity index (χ1n) is 8.65. The summed E-state index contributed by atoms with van der Waals surface area (Å²) in [5.74, 6) is 0.604. The molecule has 1 saturated heterocycles. The van der Waals surface area contributed by atoms with Gasteiger partial charge >= 0.3 is 0 Å². The van der Waals surface area contributed by atoms with Crippen LogP contribution in [0, 0.1) is 19.8 Å². The first-order valence-corrected chi connectivity index (χ1v) is 8.65. The van der Waals surface area contributed by atoms with Gasteiger partial charge in [0.15, 0.2) is 0 Å². The Morgan fingerprint density at radius 3 is 2.52 bits per heavy atom. The molecule has 0 aromatic carbocycles. The molecular formula is C18H29N3O2. The molecule has 0 spiro atoms. The van der Waals surface area contributed by atoms with E-state index in [1.165, 1.54) is 0 Å². The van der Waals surface area contributed by atoms with Crippen LogP contribution in [-0.2, 0) is 4.79 Å². The fourth-order valence-corrected chi connectivity index (χ4v) is 3.15. The molecule has 1 atom stereocenters. The lowest BCUT2D eigenvalue weighted by molar-refractivity contribution is -0.122. The molecule has 0 aliphatic carbocycles. The van der Waals surface area contributed by atoms with Gasteiger partial charge in [0.1, 0.15) is 5.69 Å². The molecule has 0 radical (unpaired) electrons. The molecule has 23 heavy (non-hydrogen) atoms. The number of carbonyl (C=O) groups is 2. The molecule has 1 aliphatic heterocycles. The number of rotatable bonds is 5. The topological polar surface area (TPSA) is 65.2 Å². The van der Waals surface area contributed by atoms with E-state index in [2.05, 4.69) is 17.2 Å². The predicted molar refractivity (Wildman–Crippen MR) is 91.4 cm³/mol. The average Bonchev–Trinajstić information content (AvgIpc) is 2.85. The fraction of sp³-hybridized carbons (Fsp3) is 0.667. The summed E-state index contributed by atoms with van der Waals surface area (Å²) in [6, 6.07) is 2.24. The molecule has 1 aliphatic rings. The number of H-pyrrole nitrogens is 1. The Bertz CT molecular complexity index is 557. The molecular weight excluding hydrogens is 290 g/mol. The standard InChI is InChI=1S/C18H29N3O2/c1-5-13(3)19-16(22)11-15-6-8-21(9-7-15)18(23)17-12(2)10-14(4)20-17/h10,13,15,20H,5-9,11H2,1-4H3,(H,19,22). The zero-order valence-corrected chi connectivity index (χ0v) is 14.7. The first kappa shape index (κ1) is 17.6. The van der Waals surface area contributed by atoms with Gasteiger partial charge in [-0.15, -0.1) is 0 Å². The molecule has 1 aromatic rings. The Morgan fingerprint density at radius 1 is 1.35 bits per heavy atom. The minimum absolute atomic E-state index is 0.0816. The maximum atomic E-state index is 12.6. The van der Waals surface area contributed by atoms with Crippen LogP contribution in [0.2, 0.25) is 0 Å². The van der Waals surface area contributed by atoms with E-state index in [0.29, 0.717) is 18.0 Å². The number of amides is 2. The van der Waals surface area contributed by atoms with Gasteiger partial charge in [-0.25, -0.2) is 0 Å². The molecule has 1 unspecified atom stereocenters. The summed E-state index contributed by atoms with van der Waals surface area (Å²) in [6.07, 6.45) is 3.33. The van der Waals surface area contributed by atoms with Crippen LogP contribution in [0.5, 0.6) is 0 Å². The molecule has 2 N–H and O–H groups in total. The van der Waals surface area contributed by atoms with E-state index in [-0.39, 0.29) is 17.9 Å². The maximum absolute atomic E-state index is 12.6. The quantitative estimate of drug-likeness (QED) is 0.876. The van der Waals surface area contributed by atoms with E-state index >= 15 is 0 Å². The van der Waals surface area contributed by atoms with E-state index in [9.17, 15) is 9.59 Å². The van der Waals surface area contributed by atoms with E-state index in [0.717, 1.165) is 43.6 Å². The number of aryl methyl sites for hydroxylation is 2. The van der Waals surface area contributed by atoms with Gasteiger partial charge in [-0.05, 0) is 57.6 Å². The zero-order valence-electron chi connectivity index (χ0n) is 14.7. The third-order valence-electron chi connectivity index (χ3n) is 4.76. The minimum Gasteiger partial charge on any atom is -0.354 e. The molecule has 1 fully saturated rings. The molecule has 2 amide bonds. The van der Waals surface area contributed by atoms with E-state index in [4.69, 9.17) is 0 Å². The second-order valence-corrected chi connectivity index (χ2v) is 6.83. The first-order chi connectivity index (χ1) is 10.9. The van der Waals surface area contributed by atoms with Crippen molar-refractivity contribution in [3.8, 4) is 0 Å². The number of likely N-dealkylation sites (tertiary alicyclic amines) is 1. The van der Waals surface area contributed by atoms with Crippen LogP contribution >= 0.6 is 0 Å². The normalized spacial score (nSPS) is 17.1. The number of aromatic amines is 1. The van der Waals surface area contributed by atoms with Gasteiger partial charge in [0.05, 0.1) is 0 Å². The van der Waals surface area contributed by atoms with Crippen LogP contribution in [0.1, 0.15) is 61.3 Å². The van der Waals surface area contributed by atoms with Gasteiger partial charge in [0, 0.05) is 31.2 Å². The molecule has 2 heterocycles. The summed E-state index contributed by atoms with van der Waals surface area (Å²) in [5, 5.41) is 3.02. The number of nitrogens with one attached hydrogen (secondary N) is 2. The highest BCUT2D eigenvalue weighted by Gasteiger charge is 2.26. The minimum atomic E-state index is 0.0816. The highest BCUT2D eigenvalue weighted by molar-refractivity contribution is 5.94. The largest absolute Gasteiger partial charge is 0.354 e. The van der Waals surface area contributed by atoms with Crippen molar-refractivity contribution in [3.05, 3.63) is 23.0 Å². The fourth-order valence-electron chi connectivity index (χ4n) is 3.15. The third-order valence-corrected chi connectivity index (χ3v) is 4.76. The summed E-state index contributed by atoms with van der Waals surface area (Å²) in [6.45, 7) is 9.49. The van der Waals surface area contributed by atoms with Crippen molar-refractivity contribution in [2.45, 2.75) is 59.4 Å². The van der Waals surface area contributed by atoms with Crippen molar-refractivity contribution in [1.82, 2.24) is 15.2 Å². The van der Waals surface area contributed by atoms with Crippen molar-refractivity contribution in [3.63, 3.8) is 0 Å². The molecule has 0 saturated carbocycles. The molecule has 5 nitrogen and oxygen atoms in total. The van der Waals surface area contributed by atoms with Gasteiger partial charge in [0.2, 0.25) is 5.91 Å². The van der Waals surface area contributed by atoms with Crippen LogP contribution < -0.4 is 5.32 Å². The lowest BCUT2D eigenvalue weighted by Gasteiger charge is -2.32. The Morgan fingerprint density at radius 2 is 2.00 bits per heavy atom. The van der Waals surface area contributed by atoms with E-state index in [1.807, 2.05) is 31.7 Å². The highest BCUT2D eigenvalue weighted by Crippen LogP contribution is 2.22. The molecule has 1 aromatic heterocycles. The number of nitrogens with zero attached hydrogens (tertiary/aromatic N) is 1. The summed E-state index contributed by atoms with van der Waals surface area (Å²) in [5.41, 5.74) is 2.72. The second-order valence-electron chi connectivity index (χ2n) is 6.83. The second kappa shape index (κ2) is 7.66. The van der Waals surface area contributed by atoms with E-state index in [1.54, 1.807) is 0 Å². The van der Waals surface area contributed by atoms with Gasteiger partial charge in [-0.3, -0.25) is 9.59 Å². The smallest absolute Gasteiger partial charge is 0.270 e. The maximum Gasteiger partial charge on any atom is 0.270 e. The number of hydrogen-bond donors (Lipinski definition) is 2. The van der Waals surface area contributed by atoms with Crippen LogP contribution in [0.3, 0.4) is 0 Å². The Hall–Kier alpha value is -1.78. The van der Waals surface area contributed by atoms with Crippen LogP contribution in [-0.4, -0.2) is 40.8 Å². The number of piperidine rings is 1. The van der Waals surface area contributed by atoms with Crippen molar-refractivity contribution in [2.75, 3.05) is 13.1 Å². The van der Waals surface area contributed by atoms with Gasteiger partial charge in [0.25, 0.3) is 5.91 Å². The van der Waals surface area contributed by atoms with Crippen molar-refractivity contribution >= 4 is 11.8 Å². The number of aromatic nitrogens is 1. The van der Waals surface area contributed by atoms with Gasteiger partial charge in [-0.2, -0.15) is 0 Å². The van der Waals surface area contributed by atoms with Crippen molar-refractivity contribution in [1.29, 1.82) is 0 Å². The van der Waals surface area contributed by atoms with Gasteiger partial charge < -0.3 is 15.2 Å². The Balaban J connectivity index is 1.83. The van der Waals surface area contributed by atoms with E-state index < -0.39 is 0 Å². The summed E-state index contributed by atoms with van der Waals surface area (Å²) in [4.78, 5) is 29.6. The SMILES string of the molecule is CCC(C)NC(=O)CC1CCN(C(=O)c2[nH]c(C)cc2C)CC1. The monoisotopic (exact) mass is 319 g/mol. The summed E-state index contributed by atoms with van der Waals surface area (Å²) in [7, 11) is 0. The summed E-state index contributed by atoms with van der Waals surface area (Å²) >= 11 is 0. The Labute approximate surface area is 138 Å². The molecule has 2 rings (SSSR count). The molecule has 5 heteroatoms. The van der Waals surface area contributed by atoms with Crippen molar-refractivity contribution in [2.24, 2.45) is 5.92 Å². The lowest BCUT2D eigenvalue weighted by atomic mass is 9.93. The predicted octanol–water partition coefficient (Wildman–Crippen LogP) is 2.79. The number of carbonyl (C=O) groups excluding carboxylic acids is 2. The molecule has 128 valence electrons. The number of hydrogen-bond acceptors (Lipinski definition) is 2. The highest BCUT2D eigenvalue weighted by atomic mass is 16.2. The van der Waals surface area contributed by atoms with Gasteiger partial charge in [-0.1, -0.05) is 6.92 Å². The zero-order chi connectivity index (χ0) is 17.0.